The zero-order valence-corrected chi connectivity index (χ0v) is 15.8. The fourth-order valence-corrected chi connectivity index (χ4v) is 3.91. The summed E-state index contributed by atoms with van der Waals surface area (Å²) in [5, 5.41) is 2.53. The molecule has 0 bridgehead atoms. The molecule has 1 amide bonds. The molecular weight excluding hydrogens is 422 g/mol. The van der Waals surface area contributed by atoms with E-state index in [9.17, 15) is 27.2 Å². The molecule has 148 valence electrons. The van der Waals surface area contributed by atoms with Gasteiger partial charge in [-0.05, 0) is 18.6 Å². The molecule has 0 unspecified atom stereocenters. The van der Waals surface area contributed by atoms with Gasteiger partial charge in [0.25, 0.3) is 11.5 Å². The van der Waals surface area contributed by atoms with Crippen molar-refractivity contribution in [3.05, 3.63) is 67.3 Å². The number of thiazole rings is 1. The van der Waals surface area contributed by atoms with Crippen molar-refractivity contribution < 1.29 is 22.4 Å². The molecule has 0 spiro atoms. The highest BCUT2D eigenvalue weighted by atomic mass is 35.5. The van der Waals surface area contributed by atoms with Crippen molar-refractivity contribution in [2.75, 3.05) is 6.54 Å². The average Bonchev–Trinajstić information content (AvgIpc) is 2.92. The van der Waals surface area contributed by atoms with E-state index in [0.717, 1.165) is 27.9 Å². The van der Waals surface area contributed by atoms with Crippen LogP contribution in [-0.4, -0.2) is 21.8 Å². The summed E-state index contributed by atoms with van der Waals surface area (Å²) in [7, 11) is 0. The fraction of sp³-hybridized carbons (Fsp3) is 0.235. The van der Waals surface area contributed by atoms with Crippen molar-refractivity contribution in [2.45, 2.75) is 19.5 Å². The van der Waals surface area contributed by atoms with Crippen molar-refractivity contribution in [1.29, 1.82) is 0 Å². The van der Waals surface area contributed by atoms with Crippen molar-refractivity contribution in [3.63, 3.8) is 0 Å². The number of hydrogen-bond acceptors (Lipinski definition) is 4. The van der Waals surface area contributed by atoms with Crippen molar-refractivity contribution in [2.24, 2.45) is 0 Å². The first kappa shape index (κ1) is 20.3. The molecule has 0 saturated heterocycles. The summed E-state index contributed by atoms with van der Waals surface area (Å²) in [5.74, 6) is -1.97. The molecule has 5 nitrogen and oxygen atoms in total. The van der Waals surface area contributed by atoms with Crippen LogP contribution >= 0.6 is 22.9 Å². The Bertz CT molecular complexity index is 1120. The first-order valence-electron chi connectivity index (χ1n) is 7.97. The molecule has 28 heavy (non-hydrogen) atoms. The lowest BCUT2D eigenvalue weighted by molar-refractivity contribution is -0.140. The Labute approximate surface area is 164 Å². The van der Waals surface area contributed by atoms with Crippen LogP contribution in [0.15, 0.2) is 29.1 Å². The Morgan fingerprint density at radius 2 is 2.07 bits per heavy atom. The lowest BCUT2D eigenvalue weighted by Gasteiger charge is -2.11. The molecule has 0 aliphatic rings. The Balaban J connectivity index is 2.06. The minimum Gasteiger partial charge on any atom is -0.351 e. The van der Waals surface area contributed by atoms with E-state index in [1.54, 1.807) is 6.92 Å². The van der Waals surface area contributed by atoms with Crippen LogP contribution in [0.5, 0.6) is 0 Å². The summed E-state index contributed by atoms with van der Waals surface area (Å²) < 4.78 is 53.9. The van der Waals surface area contributed by atoms with Gasteiger partial charge in [-0.15, -0.1) is 0 Å². The molecule has 11 heteroatoms. The number of nitrogens with one attached hydrogen (secondary N) is 1. The largest absolute Gasteiger partial charge is 0.419 e. The number of alkyl halides is 3. The summed E-state index contributed by atoms with van der Waals surface area (Å²) in [6.07, 6.45) is -5.16. The van der Waals surface area contributed by atoms with Crippen LogP contribution < -0.4 is 10.9 Å². The summed E-state index contributed by atoms with van der Waals surface area (Å²) in [6.45, 7) is 2.02. The number of fused-ring (bicyclic) bond motifs is 1. The summed E-state index contributed by atoms with van der Waals surface area (Å²) in [4.78, 5) is 28.8. The van der Waals surface area contributed by atoms with Crippen LogP contribution in [0.4, 0.5) is 17.6 Å². The van der Waals surface area contributed by atoms with Gasteiger partial charge in [-0.2, -0.15) is 13.2 Å². The van der Waals surface area contributed by atoms with Crippen LogP contribution in [0.25, 0.3) is 4.96 Å². The molecule has 3 rings (SSSR count). The average molecular weight is 434 g/mol. The Hall–Kier alpha value is -2.46. The number of benzene rings is 1. The number of halogens is 5. The third-order valence-electron chi connectivity index (χ3n) is 3.84. The highest BCUT2D eigenvalue weighted by molar-refractivity contribution is 7.21. The lowest BCUT2D eigenvalue weighted by atomic mass is 10.0. The summed E-state index contributed by atoms with van der Waals surface area (Å²) in [6, 6.07) is 3.96. The van der Waals surface area contributed by atoms with Gasteiger partial charge in [0.2, 0.25) is 0 Å². The Kier molecular flexibility index (Phi) is 5.44. The molecule has 0 saturated carbocycles. The van der Waals surface area contributed by atoms with Crippen molar-refractivity contribution in [1.82, 2.24) is 14.7 Å². The van der Waals surface area contributed by atoms with Crippen molar-refractivity contribution >= 4 is 33.8 Å². The smallest absolute Gasteiger partial charge is 0.351 e. The van der Waals surface area contributed by atoms with Crippen LogP contribution in [0.2, 0.25) is 4.34 Å². The van der Waals surface area contributed by atoms with Gasteiger partial charge in [-0.25, -0.2) is 13.8 Å². The van der Waals surface area contributed by atoms with E-state index in [4.69, 9.17) is 11.6 Å². The van der Waals surface area contributed by atoms with Gasteiger partial charge >= 0.3 is 6.18 Å². The topological polar surface area (TPSA) is 63.5 Å². The maximum atomic E-state index is 14.2. The maximum absolute atomic E-state index is 14.2. The number of amides is 1. The molecule has 2 aromatic heterocycles. The zero-order valence-electron chi connectivity index (χ0n) is 14.2. The van der Waals surface area contributed by atoms with Gasteiger partial charge in [-0.1, -0.05) is 35.1 Å². The number of hydrogen-bond donors (Lipinski definition) is 1. The monoisotopic (exact) mass is 433 g/mol. The van der Waals surface area contributed by atoms with Gasteiger partial charge in [0.05, 0.1) is 11.3 Å². The molecule has 1 aromatic carbocycles. The molecule has 2 heterocycles. The van der Waals surface area contributed by atoms with E-state index in [1.807, 2.05) is 0 Å². The third-order valence-corrected chi connectivity index (χ3v) is 5.08. The second-order valence-electron chi connectivity index (χ2n) is 5.74. The maximum Gasteiger partial charge on any atom is 0.419 e. The standard InChI is InChI=1S/C17H12ClF4N3O2S/c1-2-23-15(27)13-14(18)28-16-24-9(7-11(26)25(13)16)6-8-4-3-5-10(12(8)19)17(20,21)22/h3-5,7H,2,6H2,1H3,(H,23,27). The number of aromatic nitrogens is 2. The first-order valence-corrected chi connectivity index (χ1v) is 9.16. The molecule has 0 fully saturated rings. The van der Waals surface area contributed by atoms with Crippen LogP contribution in [0, 0.1) is 5.82 Å². The van der Waals surface area contributed by atoms with Crippen LogP contribution in [0.1, 0.15) is 34.2 Å². The second-order valence-corrected chi connectivity index (χ2v) is 7.32. The number of rotatable bonds is 4. The Morgan fingerprint density at radius 3 is 2.71 bits per heavy atom. The van der Waals surface area contributed by atoms with E-state index >= 15 is 0 Å². The van der Waals surface area contributed by atoms with Gasteiger partial charge in [0.1, 0.15) is 15.8 Å². The predicted octanol–water partition coefficient (Wildman–Crippen LogP) is 3.91. The van der Waals surface area contributed by atoms with E-state index in [2.05, 4.69) is 10.3 Å². The summed E-state index contributed by atoms with van der Waals surface area (Å²) in [5.41, 5.74) is -2.30. The number of carbonyl (C=O) groups is 1. The molecular formula is C17H12ClF4N3O2S. The number of carbonyl (C=O) groups excluding carboxylic acids is 1. The zero-order chi connectivity index (χ0) is 20.6. The third kappa shape index (κ3) is 3.74. The second kappa shape index (κ2) is 7.51. The minimum atomic E-state index is -4.83. The molecule has 0 aliphatic heterocycles. The Morgan fingerprint density at radius 1 is 1.36 bits per heavy atom. The quantitative estimate of drug-likeness (QED) is 0.635. The molecule has 3 aromatic rings. The van der Waals surface area contributed by atoms with Crippen LogP contribution in [0.3, 0.4) is 0 Å². The molecule has 0 aliphatic carbocycles. The van der Waals surface area contributed by atoms with Gasteiger partial charge < -0.3 is 5.32 Å². The predicted molar refractivity (Wildman–Crippen MR) is 96.6 cm³/mol. The van der Waals surface area contributed by atoms with Gasteiger partial charge in [0.15, 0.2) is 4.96 Å². The van der Waals surface area contributed by atoms with E-state index < -0.39 is 29.0 Å². The van der Waals surface area contributed by atoms with Gasteiger partial charge in [0, 0.05) is 19.0 Å². The normalized spacial score (nSPS) is 11.8. The van der Waals surface area contributed by atoms with Gasteiger partial charge in [-0.3, -0.25) is 9.59 Å². The highest BCUT2D eigenvalue weighted by Crippen LogP contribution is 2.33. The van der Waals surface area contributed by atoms with E-state index in [-0.39, 0.29) is 32.7 Å². The van der Waals surface area contributed by atoms with Crippen molar-refractivity contribution in [3.8, 4) is 0 Å². The van der Waals surface area contributed by atoms with Crippen LogP contribution in [-0.2, 0) is 12.6 Å². The fourth-order valence-electron chi connectivity index (χ4n) is 2.65. The SMILES string of the molecule is CCNC(=O)c1c(Cl)sc2nc(Cc3cccc(C(F)(F)F)c3F)cc(=O)n12. The van der Waals surface area contributed by atoms with E-state index in [0.29, 0.717) is 12.6 Å². The molecule has 0 atom stereocenters. The molecule has 0 radical (unpaired) electrons. The highest BCUT2D eigenvalue weighted by Gasteiger charge is 2.34. The minimum absolute atomic E-state index is 0.0398. The number of nitrogens with zero attached hydrogens (tertiary/aromatic N) is 2. The summed E-state index contributed by atoms with van der Waals surface area (Å²) >= 11 is 6.92. The first-order chi connectivity index (χ1) is 13.1. The molecule has 1 N–H and O–H groups in total. The van der Waals surface area contributed by atoms with E-state index in [1.165, 1.54) is 6.07 Å². The lowest BCUT2D eigenvalue weighted by Crippen LogP contribution is -2.28.